The normalized spacial score (nSPS) is 11.6. The zero-order valence-electron chi connectivity index (χ0n) is 12.9. The first-order valence-electron chi connectivity index (χ1n) is 7.30. The maximum Gasteiger partial charge on any atom is 0.250 e. The van der Waals surface area contributed by atoms with Crippen LogP contribution in [0.15, 0.2) is 16.3 Å². The van der Waals surface area contributed by atoms with Crippen molar-refractivity contribution >= 4 is 27.3 Å². The molecule has 5 nitrogen and oxygen atoms in total. The zero-order valence-corrected chi connectivity index (χ0v) is 14.5. The Morgan fingerprint density at radius 2 is 1.81 bits per heavy atom. The van der Waals surface area contributed by atoms with Crippen LogP contribution < -0.4 is 4.72 Å². The Balaban J connectivity index is 2.65. The largest absolute Gasteiger partial charge is 0.342 e. The van der Waals surface area contributed by atoms with Crippen LogP contribution in [0.1, 0.15) is 38.5 Å². The molecule has 1 aromatic rings. The lowest BCUT2D eigenvalue weighted by atomic mass is 10.3. The first kappa shape index (κ1) is 18.1. The van der Waals surface area contributed by atoms with Crippen LogP contribution in [-0.2, 0) is 21.2 Å². The van der Waals surface area contributed by atoms with E-state index in [1.807, 2.05) is 26.8 Å². The molecule has 0 saturated heterocycles. The molecule has 0 spiro atoms. The second-order valence-electron chi connectivity index (χ2n) is 4.78. The predicted octanol–water partition coefficient (Wildman–Crippen LogP) is 2.24. The van der Waals surface area contributed by atoms with Gasteiger partial charge in [-0.05, 0) is 31.4 Å². The van der Waals surface area contributed by atoms with Crippen LogP contribution in [0.3, 0.4) is 0 Å². The lowest BCUT2D eigenvalue weighted by molar-refractivity contribution is -0.130. The van der Waals surface area contributed by atoms with Crippen molar-refractivity contribution in [2.45, 2.75) is 44.2 Å². The number of carbonyl (C=O) groups is 1. The number of sulfonamides is 1. The van der Waals surface area contributed by atoms with Crippen molar-refractivity contribution in [3.63, 3.8) is 0 Å². The van der Waals surface area contributed by atoms with E-state index >= 15 is 0 Å². The Morgan fingerprint density at radius 1 is 1.19 bits per heavy atom. The standard InChI is InChI=1S/C14H24N2O3S2/c1-4-9-16(10-5-2)13(17)11-15-21(18,19)14-8-7-12(6-3)20-14/h7-8,15H,4-6,9-11H2,1-3H3. The van der Waals surface area contributed by atoms with Gasteiger partial charge >= 0.3 is 0 Å². The zero-order chi connectivity index (χ0) is 15.9. The van der Waals surface area contributed by atoms with Gasteiger partial charge in [0.25, 0.3) is 10.0 Å². The molecule has 1 amide bonds. The van der Waals surface area contributed by atoms with Gasteiger partial charge in [0.05, 0.1) is 6.54 Å². The number of hydrogen-bond acceptors (Lipinski definition) is 4. The van der Waals surface area contributed by atoms with Crippen molar-refractivity contribution in [3.05, 3.63) is 17.0 Å². The molecule has 0 aliphatic carbocycles. The predicted molar refractivity (Wildman–Crippen MR) is 86.0 cm³/mol. The van der Waals surface area contributed by atoms with Gasteiger partial charge in [-0.25, -0.2) is 13.1 Å². The van der Waals surface area contributed by atoms with Gasteiger partial charge in [0.1, 0.15) is 4.21 Å². The Bertz CT molecular complexity index is 546. The average molecular weight is 332 g/mol. The smallest absolute Gasteiger partial charge is 0.250 e. The number of thiophene rings is 1. The molecule has 120 valence electrons. The van der Waals surface area contributed by atoms with Gasteiger partial charge in [0, 0.05) is 18.0 Å². The van der Waals surface area contributed by atoms with Crippen LogP contribution in [0.2, 0.25) is 0 Å². The summed E-state index contributed by atoms with van der Waals surface area (Å²) in [6.07, 6.45) is 2.53. The Morgan fingerprint density at radius 3 is 2.29 bits per heavy atom. The minimum absolute atomic E-state index is 0.172. The summed E-state index contributed by atoms with van der Waals surface area (Å²) in [5.41, 5.74) is 0. The highest BCUT2D eigenvalue weighted by Gasteiger charge is 2.19. The van der Waals surface area contributed by atoms with Gasteiger partial charge in [-0.1, -0.05) is 20.8 Å². The highest BCUT2D eigenvalue weighted by atomic mass is 32.2. The highest BCUT2D eigenvalue weighted by Crippen LogP contribution is 2.21. The quantitative estimate of drug-likeness (QED) is 0.754. The number of hydrogen-bond donors (Lipinski definition) is 1. The van der Waals surface area contributed by atoms with Gasteiger partial charge in [-0.3, -0.25) is 4.79 Å². The molecule has 0 aromatic carbocycles. The second kappa shape index (κ2) is 8.51. The fraction of sp³-hybridized carbons (Fsp3) is 0.643. The molecule has 0 aliphatic heterocycles. The van der Waals surface area contributed by atoms with E-state index in [1.54, 1.807) is 11.0 Å². The van der Waals surface area contributed by atoms with Crippen LogP contribution in [0.5, 0.6) is 0 Å². The molecular weight excluding hydrogens is 308 g/mol. The molecule has 21 heavy (non-hydrogen) atoms. The Labute approximate surface area is 131 Å². The minimum Gasteiger partial charge on any atom is -0.342 e. The molecule has 7 heteroatoms. The number of rotatable bonds is 9. The summed E-state index contributed by atoms with van der Waals surface area (Å²) in [7, 11) is -3.59. The number of aryl methyl sites for hydroxylation is 1. The molecule has 0 aliphatic rings. The molecule has 1 N–H and O–H groups in total. The van der Waals surface area contributed by atoms with Gasteiger partial charge in [0.15, 0.2) is 0 Å². The summed E-state index contributed by atoms with van der Waals surface area (Å²) >= 11 is 1.25. The third-order valence-electron chi connectivity index (χ3n) is 3.00. The van der Waals surface area contributed by atoms with Crippen LogP contribution in [-0.4, -0.2) is 38.9 Å². The van der Waals surface area contributed by atoms with Gasteiger partial charge in [0.2, 0.25) is 5.91 Å². The molecule has 0 fully saturated rings. The highest BCUT2D eigenvalue weighted by molar-refractivity contribution is 7.91. The SMILES string of the molecule is CCCN(CCC)C(=O)CNS(=O)(=O)c1ccc(CC)s1. The fourth-order valence-electron chi connectivity index (χ4n) is 1.93. The minimum atomic E-state index is -3.59. The van der Waals surface area contributed by atoms with E-state index in [-0.39, 0.29) is 16.7 Å². The molecule has 0 radical (unpaired) electrons. The van der Waals surface area contributed by atoms with E-state index in [2.05, 4.69) is 4.72 Å². The molecule has 0 saturated carbocycles. The van der Waals surface area contributed by atoms with E-state index in [0.29, 0.717) is 13.1 Å². The Kier molecular flexibility index (Phi) is 7.34. The van der Waals surface area contributed by atoms with E-state index in [4.69, 9.17) is 0 Å². The maximum atomic E-state index is 12.1. The summed E-state index contributed by atoms with van der Waals surface area (Å²) in [5, 5.41) is 0. The van der Waals surface area contributed by atoms with Gasteiger partial charge in [-0.2, -0.15) is 0 Å². The lowest BCUT2D eigenvalue weighted by Gasteiger charge is -2.21. The second-order valence-corrected chi connectivity index (χ2v) is 7.94. The molecule has 1 rings (SSSR count). The molecular formula is C14H24N2O3S2. The first-order valence-corrected chi connectivity index (χ1v) is 9.60. The molecule has 0 atom stereocenters. The summed E-state index contributed by atoms with van der Waals surface area (Å²) in [5.74, 6) is -0.172. The molecule has 0 unspecified atom stereocenters. The van der Waals surface area contributed by atoms with Crippen molar-refractivity contribution in [1.29, 1.82) is 0 Å². The fourth-order valence-corrected chi connectivity index (χ4v) is 4.25. The number of carbonyl (C=O) groups excluding carboxylic acids is 1. The number of amides is 1. The van der Waals surface area contributed by atoms with Crippen molar-refractivity contribution in [2.75, 3.05) is 19.6 Å². The summed E-state index contributed by atoms with van der Waals surface area (Å²) in [6.45, 7) is 7.12. The number of nitrogens with one attached hydrogen (secondary N) is 1. The molecule has 1 heterocycles. The van der Waals surface area contributed by atoms with Gasteiger partial charge < -0.3 is 4.90 Å². The summed E-state index contributed by atoms with van der Waals surface area (Å²) in [4.78, 5) is 14.8. The Hall–Kier alpha value is -0.920. The van der Waals surface area contributed by atoms with Crippen molar-refractivity contribution in [2.24, 2.45) is 0 Å². The van der Waals surface area contributed by atoms with Crippen LogP contribution in [0.4, 0.5) is 0 Å². The van der Waals surface area contributed by atoms with Crippen LogP contribution in [0, 0.1) is 0 Å². The number of nitrogens with zero attached hydrogens (tertiary/aromatic N) is 1. The van der Waals surface area contributed by atoms with Crippen molar-refractivity contribution in [1.82, 2.24) is 9.62 Å². The van der Waals surface area contributed by atoms with E-state index in [0.717, 1.165) is 24.1 Å². The van der Waals surface area contributed by atoms with E-state index in [9.17, 15) is 13.2 Å². The van der Waals surface area contributed by atoms with Gasteiger partial charge in [-0.15, -0.1) is 11.3 Å². The monoisotopic (exact) mass is 332 g/mol. The van der Waals surface area contributed by atoms with E-state index in [1.165, 1.54) is 11.3 Å². The topological polar surface area (TPSA) is 66.5 Å². The summed E-state index contributed by atoms with van der Waals surface area (Å²) in [6, 6.07) is 3.40. The first-order chi connectivity index (χ1) is 9.94. The third kappa shape index (κ3) is 5.41. The van der Waals surface area contributed by atoms with Crippen LogP contribution in [0.25, 0.3) is 0 Å². The molecule has 1 aromatic heterocycles. The average Bonchev–Trinajstić information content (AvgIpc) is 2.94. The summed E-state index contributed by atoms with van der Waals surface area (Å²) < 4.78 is 26.9. The van der Waals surface area contributed by atoms with Crippen molar-refractivity contribution in [3.8, 4) is 0 Å². The van der Waals surface area contributed by atoms with E-state index < -0.39 is 10.0 Å². The lowest BCUT2D eigenvalue weighted by Crippen LogP contribution is -2.40. The van der Waals surface area contributed by atoms with Crippen molar-refractivity contribution < 1.29 is 13.2 Å². The maximum absolute atomic E-state index is 12.1. The third-order valence-corrected chi connectivity index (χ3v) is 6.13. The molecule has 0 bridgehead atoms. The van der Waals surface area contributed by atoms with Crippen LogP contribution >= 0.6 is 11.3 Å².